The van der Waals surface area contributed by atoms with Crippen molar-refractivity contribution in [3.05, 3.63) is 105 Å². The summed E-state index contributed by atoms with van der Waals surface area (Å²) in [5.74, 6) is 2.37. The standard InChI is InChI=1S/C44H51O4P/c45-49(46)47-43-39(33-23-19-31(20-24-33)29-11-3-1-4-12-29)27-35-15-7-9-17-37(35)41(43)42-38-18-10-8-16-36(38)28-40(44(42)48-49)34-25-21-32(22-26-34)30-13-5-2-6-14-30/h19-27,29-30,40H,1-18,28H2,(H,45,46)/t40-/m0/s1. The molecule has 0 spiro atoms. The smallest absolute Gasteiger partial charge is 0.398 e. The van der Waals surface area contributed by atoms with Crippen LogP contribution in [0.2, 0.25) is 0 Å². The third-order valence-electron chi connectivity index (χ3n) is 12.9. The van der Waals surface area contributed by atoms with Crippen molar-refractivity contribution in [2.75, 3.05) is 0 Å². The van der Waals surface area contributed by atoms with Gasteiger partial charge in [-0.25, -0.2) is 4.57 Å². The van der Waals surface area contributed by atoms with Gasteiger partial charge in [-0.15, -0.1) is 0 Å². The largest absolute Gasteiger partial charge is 0.584 e. The summed E-state index contributed by atoms with van der Waals surface area (Å²) in [6.45, 7) is 0. The van der Waals surface area contributed by atoms with Gasteiger partial charge in [0.25, 0.3) is 0 Å². The molecule has 2 fully saturated rings. The number of aryl methyl sites for hydroxylation is 1. The molecular formula is C44H51O4P. The van der Waals surface area contributed by atoms with Crippen LogP contribution in [0.3, 0.4) is 0 Å². The molecular weight excluding hydrogens is 623 g/mol. The van der Waals surface area contributed by atoms with E-state index in [9.17, 15) is 9.46 Å². The Bertz CT molecular complexity index is 1840. The van der Waals surface area contributed by atoms with Crippen LogP contribution in [0.25, 0.3) is 16.7 Å². The molecule has 1 aliphatic heterocycles. The number of phosphoric acid groups is 1. The second-order valence-electron chi connectivity index (χ2n) is 15.9. The molecule has 1 unspecified atom stereocenters. The Labute approximate surface area is 292 Å². The highest BCUT2D eigenvalue weighted by molar-refractivity contribution is 7.48. The zero-order valence-corrected chi connectivity index (χ0v) is 29.9. The lowest BCUT2D eigenvalue weighted by atomic mass is 9.70. The van der Waals surface area contributed by atoms with Crippen LogP contribution in [0.4, 0.5) is 0 Å². The van der Waals surface area contributed by atoms with Crippen molar-refractivity contribution < 1.29 is 18.5 Å². The van der Waals surface area contributed by atoms with Gasteiger partial charge in [-0.1, -0.05) is 92.6 Å². The summed E-state index contributed by atoms with van der Waals surface area (Å²) >= 11 is 0. The Morgan fingerprint density at radius 3 is 1.92 bits per heavy atom. The third-order valence-corrected chi connectivity index (χ3v) is 13.7. The zero-order chi connectivity index (χ0) is 33.0. The SMILES string of the molecule is O=P1(O)OC2=C(C3=C(CCCC3)C[C@H]2c2ccc(C3CCCCC3)cc2)c2c3c(cc(-c4ccc(C5CCCCC5)cc4)c2O1)CCCC3. The maximum atomic E-state index is 14.1. The van der Waals surface area contributed by atoms with E-state index in [1.54, 1.807) is 0 Å². The number of allylic oxidation sites excluding steroid dienone is 4. The molecule has 0 amide bonds. The fraction of sp³-hybridized carbons (Fsp3) is 0.500. The number of fused-ring (bicyclic) bond motifs is 5. The second-order valence-corrected chi connectivity index (χ2v) is 17.2. The Kier molecular flexibility index (Phi) is 8.61. The molecule has 5 aliphatic carbocycles. The van der Waals surface area contributed by atoms with Crippen molar-refractivity contribution in [1.82, 2.24) is 0 Å². The third kappa shape index (κ3) is 6.06. The summed E-state index contributed by atoms with van der Waals surface area (Å²) in [5.41, 5.74) is 13.6. The minimum absolute atomic E-state index is 0.111. The van der Waals surface area contributed by atoms with E-state index in [0.717, 1.165) is 73.6 Å². The molecule has 1 heterocycles. The molecule has 0 bridgehead atoms. The summed E-state index contributed by atoms with van der Waals surface area (Å²) in [6.07, 6.45) is 22.5. The fourth-order valence-corrected chi connectivity index (χ4v) is 11.3. The Morgan fingerprint density at radius 2 is 1.22 bits per heavy atom. The average molecular weight is 675 g/mol. The van der Waals surface area contributed by atoms with Crippen molar-refractivity contribution in [3.63, 3.8) is 0 Å². The normalized spacial score (nSPS) is 26.1. The molecule has 49 heavy (non-hydrogen) atoms. The van der Waals surface area contributed by atoms with E-state index >= 15 is 0 Å². The molecule has 0 saturated heterocycles. The van der Waals surface area contributed by atoms with Crippen molar-refractivity contribution in [2.24, 2.45) is 0 Å². The van der Waals surface area contributed by atoms with Crippen molar-refractivity contribution in [1.29, 1.82) is 0 Å². The molecule has 2 atom stereocenters. The van der Waals surface area contributed by atoms with E-state index in [0.29, 0.717) is 23.3 Å². The van der Waals surface area contributed by atoms with Crippen LogP contribution in [0.15, 0.2) is 71.5 Å². The molecule has 0 radical (unpaired) electrons. The van der Waals surface area contributed by atoms with Gasteiger partial charge in [-0.05, 0) is 140 Å². The minimum Gasteiger partial charge on any atom is -0.398 e. The average Bonchev–Trinajstić information content (AvgIpc) is 3.28. The number of hydrogen-bond donors (Lipinski definition) is 1. The van der Waals surface area contributed by atoms with Crippen molar-refractivity contribution >= 4 is 13.4 Å². The van der Waals surface area contributed by atoms with E-state index in [-0.39, 0.29) is 5.92 Å². The van der Waals surface area contributed by atoms with E-state index in [4.69, 9.17) is 9.05 Å². The highest BCUT2D eigenvalue weighted by Crippen LogP contribution is 2.62. The predicted molar refractivity (Wildman–Crippen MR) is 198 cm³/mol. The summed E-state index contributed by atoms with van der Waals surface area (Å²) in [4.78, 5) is 11.6. The maximum absolute atomic E-state index is 14.1. The van der Waals surface area contributed by atoms with Crippen LogP contribution in [-0.4, -0.2) is 4.89 Å². The maximum Gasteiger partial charge on any atom is 0.584 e. The lowest BCUT2D eigenvalue weighted by Crippen LogP contribution is -2.19. The molecule has 6 aliphatic rings. The van der Waals surface area contributed by atoms with Crippen LogP contribution < -0.4 is 4.52 Å². The summed E-state index contributed by atoms with van der Waals surface area (Å²) in [7, 11) is -4.48. The first-order valence-corrected chi connectivity index (χ1v) is 21.1. The molecule has 9 rings (SSSR count). The van der Waals surface area contributed by atoms with Crippen molar-refractivity contribution in [3.8, 4) is 16.9 Å². The lowest BCUT2D eigenvalue weighted by molar-refractivity contribution is 0.241. The monoisotopic (exact) mass is 674 g/mol. The molecule has 3 aromatic carbocycles. The molecule has 1 N–H and O–H groups in total. The van der Waals surface area contributed by atoms with E-state index in [1.807, 2.05) is 0 Å². The molecule has 5 heteroatoms. The quantitative estimate of drug-likeness (QED) is 0.280. The molecule has 2 saturated carbocycles. The van der Waals surface area contributed by atoms with Crippen LogP contribution in [0, 0.1) is 0 Å². The van der Waals surface area contributed by atoms with Gasteiger partial charge < -0.3 is 9.05 Å². The molecule has 3 aromatic rings. The van der Waals surface area contributed by atoms with Crippen LogP contribution in [0.5, 0.6) is 5.75 Å². The van der Waals surface area contributed by atoms with Gasteiger partial charge in [0.05, 0.1) is 0 Å². The molecule has 4 nitrogen and oxygen atoms in total. The highest BCUT2D eigenvalue weighted by atomic mass is 31.2. The first-order valence-electron chi connectivity index (χ1n) is 19.6. The van der Waals surface area contributed by atoms with Gasteiger partial charge in [0.2, 0.25) is 0 Å². The topological polar surface area (TPSA) is 55.8 Å². The zero-order valence-electron chi connectivity index (χ0n) is 29.0. The highest BCUT2D eigenvalue weighted by Gasteiger charge is 2.44. The van der Waals surface area contributed by atoms with Gasteiger partial charge in [-0.3, -0.25) is 4.89 Å². The Morgan fingerprint density at radius 1 is 0.633 bits per heavy atom. The lowest BCUT2D eigenvalue weighted by Gasteiger charge is -2.35. The van der Waals surface area contributed by atoms with Gasteiger partial charge in [0, 0.05) is 22.6 Å². The van der Waals surface area contributed by atoms with Gasteiger partial charge in [0.15, 0.2) is 0 Å². The van der Waals surface area contributed by atoms with Gasteiger partial charge in [0.1, 0.15) is 11.5 Å². The number of benzene rings is 3. The first-order chi connectivity index (χ1) is 24.0. The minimum atomic E-state index is -4.48. The number of rotatable bonds is 4. The van der Waals surface area contributed by atoms with Crippen LogP contribution >= 0.6 is 7.82 Å². The predicted octanol–water partition coefficient (Wildman–Crippen LogP) is 12.6. The Balaban J connectivity index is 1.21. The van der Waals surface area contributed by atoms with Crippen LogP contribution in [-0.2, 0) is 21.9 Å². The van der Waals surface area contributed by atoms with E-state index < -0.39 is 7.82 Å². The number of phosphoric ester groups is 1. The summed E-state index contributed by atoms with van der Waals surface area (Å²) in [6, 6.07) is 20.5. The van der Waals surface area contributed by atoms with Crippen molar-refractivity contribution in [2.45, 2.75) is 140 Å². The summed E-state index contributed by atoms with van der Waals surface area (Å²) in [5, 5.41) is 0. The van der Waals surface area contributed by atoms with E-state index in [1.165, 1.54) is 110 Å². The second kappa shape index (κ2) is 13.2. The van der Waals surface area contributed by atoms with Gasteiger partial charge in [-0.2, -0.15) is 0 Å². The van der Waals surface area contributed by atoms with Gasteiger partial charge >= 0.3 is 7.82 Å². The molecule has 256 valence electrons. The number of hydrogen-bond acceptors (Lipinski definition) is 3. The fourth-order valence-electron chi connectivity index (χ4n) is 10.3. The Hall–Kier alpha value is -3.07. The molecule has 0 aromatic heterocycles. The summed E-state index contributed by atoms with van der Waals surface area (Å²) < 4.78 is 26.8. The van der Waals surface area contributed by atoms with E-state index in [2.05, 4.69) is 54.6 Å². The first kappa shape index (κ1) is 31.9. The van der Waals surface area contributed by atoms with Crippen LogP contribution in [0.1, 0.15) is 160 Å².